The molecule has 28 heavy (non-hydrogen) atoms. The first-order valence-electron chi connectivity index (χ1n) is 9.30. The Morgan fingerprint density at radius 1 is 0.857 bits per heavy atom. The standard InChI is InChI=1S/C22H21.C2H6Si.2ClH.Zr/c1-22(2,3)20-14-16-9-5-7-11-18(16)21(20)19-13-12-15-8-4-6-10-17(15)19;1-3-2;;;/h4-12,14,19,21H,1-3H3;1-2H3;2*1H;/q-1;;;;+2/p-2. The van der Waals surface area contributed by atoms with Crippen molar-refractivity contribution in [2.24, 2.45) is 5.41 Å². The van der Waals surface area contributed by atoms with Crippen LogP contribution in [0.3, 0.4) is 0 Å². The first-order chi connectivity index (χ1) is 12.3. The normalized spacial score (nSPS) is 18.6. The molecule has 0 saturated carbocycles. The molecule has 0 nitrogen and oxygen atoms in total. The van der Waals surface area contributed by atoms with Crippen LogP contribution in [0.4, 0.5) is 0 Å². The number of allylic oxidation sites excluding steroid dienone is 2. The van der Waals surface area contributed by atoms with E-state index in [1.54, 1.807) is 23.3 Å². The Morgan fingerprint density at radius 2 is 1.36 bits per heavy atom. The molecular formula is C24H27Cl2SiZr-. The van der Waals surface area contributed by atoms with Crippen molar-refractivity contribution in [3.8, 4) is 0 Å². The first kappa shape index (κ1) is 25.6. The van der Waals surface area contributed by atoms with Crippen molar-refractivity contribution in [3.63, 3.8) is 0 Å². The summed E-state index contributed by atoms with van der Waals surface area (Å²) in [4.78, 5) is 0. The molecule has 0 aromatic heterocycles. The summed E-state index contributed by atoms with van der Waals surface area (Å²) in [6, 6.07) is 17.6. The van der Waals surface area contributed by atoms with Crippen LogP contribution in [0.25, 0.3) is 12.2 Å². The minimum absolute atomic E-state index is 0. The van der Waals surface area contributed by atoms with E-state index < -0.39 is 0 Å². The summed E-state index contributed by atoms with van der Waals surface area (Å²) in [6.45, 7) is 11.6. The van der Waals surface area contributed by atoms with Crippen molar-refractivity contribution in [2.45, 2.75) is 45.7 Å². The van der Waals surface area contributed by atoms with Gasteiger partial charge in [0.15, 0.2) is 0 Å². The zero-order chi connectivity index (χ0) is 18.9. The van der Waals surface area contributed by atoms with E-state index in [9.17, 15) is 0 Å². The number of hydrogen-bond acceptors (Lipinski definition) is 0. The van der Waals surface area contributed by atoms with Gasteiger partial charge in [-0.2, -0.15) is 5.56 Å². The molecule has 0 bridgehead atoms. The number of hydrogen-bond donors (Lipinski definition) is 0. The SMILES string of the molecule is CC(C)(C)C1=Cc2ccccc2C1C1[C-]=Cc2ccccc21.C[Si](C)=[Zr+2].[Cl-].[Cl-]. The Labute approximate surface area is 198 Å². The molecule has 0 N–H and O–H groups in total. The first-order valence-corrected chi connectivity index (χ1v) is 15.5. The van der Waals surface area contributed by atoms with Crippen LogP contribution in [-0.2, 0) is 23.3 Å². The monoisotopic (exact) mass is 503 g/mol. The number of rotatable bonds is 1. The van der Waals surface area contributed by atoms with E-state index in [4.69, 9.17) is 0 Å². The van der Waals surface area contributed by atoms with Gasteiger partial charge in [-0.1, -0.05) is 80.8 Å². The van der Waals surface area contributed by atoms with Crippen LogP contribution in [0.2, 0.25) is 13.1 Å². The van der Waals surface area contributed by atoms with Crippen LogP contribution in [-0.4, -0.2) is 5.43 Å². The second-order valence-corrected chi connectivity index (χ2v) is 17.7. The van der Waals surface area contributed by atoms with E-state index in [2.05, 4.69) is 101 Å². The second-order valence-electron chi connectivity index (χ2n) is 8.37. The molecule has 2 aromatic carbocycles. The molecule has 146 valence electrons. The van der Waals surface area contributed by atoms with E-state index in [0.717, 1.165) is 0 Å². The van der Waals surface area contributed by atoms with Crippen molar-refractivity contribution >= 4 is 17.6 Å². The molecule has 0 heterocycles. The predicted molar refractivity (Wildman–Crippen MR) is 111 cm³/mol. The van der Waals surface area contributed by atoms with Crippen LogP contribution in [0, 0.1) is 11.5 Å². The Kier molecular flexibility index (Phi) is 9.68. The van der Waals surface area contributed by atoms with Crippen molar-refractivity contribution in [1.29, 1.82) is 0 Å². The third-order valence-electron chi connectivity index (χ3n) is 4.93. The molecule has 0 saturated heterocycles. The van der Waals surface area contributed by atoms with Gasteiger partial charge in [0, 0.05) is 0 Å². The molecule has 2 aliphatic rings. The van der Waals surface area contributed by atoms with Crippen molar-refractivity contribution in [3.05, 3.63) is 82.4 Å². The van der Waals surface area contributed by atoms with E-state index in [1.807, 2.05) is 0 Å². The van der Waals surface area contributed by atoms with E-state index in [0.29, 0.717) is 11.8 Å². The van der Waals surface area contributed by atoms with E-state index in [1.165, 1.54) is 27.8 Å². The van der Waals surface area contributed by atoms with Crippen LogP contribution in [0.15, 0.2) is 54.1 Å². The van der Waals surface area contributed by atoms with Crippen molar-refractivity contribution in [1.82, 2.24) is 0 Å². The maximum Gasteiger partial charge on any atom is -1.00 e. The third kappa shape index (κ3) is 5.60. The van der Waals surface area contributed by atoms with Crippen LogP contribution in [0.5, 0.6) is 0 Å². The van der Waals surface area contributed by atoms with E-state index >= 15 is 0 Å². The van der Waals surface area contributed by atoms with Gasteiger partial charge in [-0.15, -0.1) is 11.6 Å². The van der Waals surface area contributed by atoms with Gasteiger partial charge in [0.1, 0.15) is 0 Å². The molecule has 2 atom stereocenters. The van der Waals surface area contributed by atoms with Gasteiger partial charge in [-0.3, -0.25) is 6.08 Å². The summed E-state index contributed by atoms with van der Waals surface area (Å²) in [5, 5.41) is 0. The molecule has 2 aliphatic carbocycles. The largest absolute Gasteiger partial charge is 1.00 e. The Bertz CT molecular complexity index is 889. The number of fused-ring (bicyclic) bond motifs is 2. The van der Waals surface area contributed by atoms with Gasteiger partial charge < -0.3 is 24.8 Å². The summed E-state index contributed by atoms with van der Waals surface area (Å²) >= 11 is 1.74. The van der Waals surface area contributed by atoms with Gasteiger partial charge in [0.2, 0.25) is 0 Å². The van der Waals surface area contributed by atoms with Crippen LogP contribution < -0.4 is 24.8 Å². The Balaban J connectivity index is 0.000000601. The minimum Gasteiger partial charge on any atom is -1.00 e. The molecule has 4 rings (SSSR count). The average Bonchev–Trinajstić information content (AvgIpc) is 3.14. The molecule has 2 aromatic rings. The Hall–Kier alpha value is -0.400. The Morgan fingerprint density at radius 3 is 1.93 bits per heavy atom. The molecule has 2 unspecified atom stereocenters. The average molecular weight is 506 g/mol. The minimum atomic E-state index is 0. The van der Waals surface area contributed by atoms with Gasteiger partial charge in [-0.05, 0) is 22.5 Å². The molecule has 4 heteroatoms. The topological polar surface area (TPSA) is 0 Å². The van der Waals surface area contributed by atoms with Gasteiger partial charge in [0.25, 0.3) is 0 Å². The third-order valence-corrected chi connectivity index (χ3v) is 4.93. The quantitative estimate of drug-likeness (QED) is 0.394. The molecule has 0 aliphatic heterocycles. The smallest absolute Gasteiger partial charge is 1.00 e. The van der Waals surface area contributed by atoms with Crippen LogP contribution >= 0.6 is 0 Å². The van der Waals surface area contributed by atoms with Crippen molar-refractivity contribution < 1.29 is 48.1 Å². The fourth-order valence-corrected chi connectivity index (χ4v) is 3.86. The predicted octanol–water partition coefficient (Wildman–Crippen LogP) is 0.619. The maximum atomic E-state index is 3.64. The molecule has 0 spiro atoms. The summed E-state index contributed by atoms with van der Waals surface area (Å²) in [5.74, 6) is 0.751. The summed E-state index contributed by atoms with van der Waals surface area (Å²) in [6.07, 6.45) is 8.21. The van der Waals surface area contributed by atoms with Gasteiger partial charge in [0.05, 0.1) is 0 Å². The summed E-state index contributed by atoms with van der Waals surface area (Å²) in [5.41, 5.74) is 7.48. The van der Waals surface area contributed by atoms with E-state index in [-0.39, 0.29) is 35.7 Å². The fourth-order valence-electron chi connectivity index (χ4n) is 3.86. The zero-order valence-electron chi connectivity index (χ0n) is 17.2. The molecule has 0 radical (unpaired) electrons. The molecule has 0 amide bonds. The molecule has 0 fully saturated rings. The number of benzene rings is 2. The summed E-state index contributed by atoms with van der Waals surface area (Å²) in [7, 11) is 0. The second kappa shape index (κ2) is 10.6. The van der Waals surface area contributed by atoms with Gasteiger partial charge >= 0.3 is 41.9 Å². The fraction of sp³-hybridized carbons (Fsp3) is 0.333. The summed E-state index contributed by atoms with van der Waals surface area (Å²) < 4.78 is 0. The maximum absolute atomic E-state index is 3.64. The molecular weight excluding hydrogens is 478 g/mol. The van der Waals surface area contributed by atoms with Crippen LogP contribution in [0.1, 0.15) is 54.9 Å². The van der Waals surface area contributed by atoms with Crippen molar-refractivity contribution in [2.75, 3.05) is 0 Å². The zero-order valence-corrected chi connectivity index (χ0v) is 22.2. The van der Waals surface area contributed by atoms with Gasteiger partial charge in [-0.25, -0.2) is 6.08 Å². The number of halogens is 2.